The smallest absolute Gasteiger partial charge is 0.315 e. The molecule has 1 aliphatic heterocycles. The van der Waals surface area contributed by atoms with Crippen LogP contribution >= 0.6 is 23.2 Å². The molecule has 164 valence electrons. The van der Waals surface area contributed by atoms with E-state index in [1.54, 1.807) is 11.8 Å². The molecule has 0 bridgehead atoms. The molecule has 0 radical (unpaired) electrons. The maximum absolute atomic E-state index is 12.4. The maximum atomic E-state index is 12.4. The van der Waals surface area contributed by atoms with Gasteiger partial charge in [-0.05, 0) is 31.9 Å². The van der Waals surface area contributed by atoms with Crippen LogP contribution in [-0.4, -0.2) is 71.2 Å². The van der Waals surface area contributed by atoms with Gasteiger partial charge >= 0.3 is 5.97 Å². The number of rotatable bonds is 6. The topological polar surface area (TPSA) is 79.0 Å². The SMILES string of the molecule is Cc1cccc(C)c1NC(=O)CN1CCN(C(=O)COC(=O)C2(C)CC2(Cl)Cl)CC1. The Morgan fingerprint density at radius 3 is 2.20 bits per heavy atom. The summed E-state index contributed by atoms with van der Waals surface area (Å²) in [5.41, 5.74) is 1.95. The molecule has 1 atom stereocenters. The van der Waals surface area contributed by atoms with Gasteiger partial charge < -0.3 is 15.0 Å². The molecule has 1 aliphatic carbocycles. The first-order valence-electron chi connectivity index (χ1n) is 9.95. The van der Waals surface area contributed by atoms with Crippen molar-refractivity contribution in [3.63, 3.8) is 0 Å². The number of carbonyl (C=O) groups excluding carboxylic acids is 3. The van der Waals surface area contributed by atoms with Crippen molar-refractivity contribution in [1.29, 1.82) is 0 Å². The van der Waals surface area contributed by atoms with Crippen molar-refractivity contribution in [1.82, 2.24) is 9.80 Å². The van der Waals surface area contributed by atoms with Crippen LogP contribution in [0, 0.1) is 19.3 Å². The van der Waals surface area contributed by atoms with E-state index in [2.05, 4.69) is 5.32 Å². The number of nitrogens with zero attached hydrogens (tertiary/aromatic N) is 2. The van der Waals surface area contributed by atoms with Crippen LogP contribution in [0.1, 0.15) is 24.5 Å². The number of para-hydroxylation sites is 1. The summed E-state index contributed by atoms with van der Waals surface area (Å²) in [6, 6.07) is 5.88. The van der Waals surface area contributed by atoms with Crippen molar-refractivity contribution in [2.75, 3.05) is 44.6 Å². The molecule has 3 rings (SSSR count). The van der Waals surface area contributed by atoms with E-state index in [1.807, 2.05) is 36.9 Å². The molecule has 1 N–H and O–H groups in total. The van der Waals surface area contributed by atoms with Crippen LogP contribution in [0.25, 0.3) is 0 Å². The van der Waals surface area contributed by atoms with Crippen LogP contribution in [0.4, 0.5) is 5.69 Å². The van der Waals surface area contributed by atoms with E-state index in [1.165, 1.54) is 0 Å². The molecule has 2 fully saturated rings. The molecule has 1 heterocycles. The molecule has 1 aromatic rings. The van der Waals surface area contributed by atoms with Crippen LogP contribution in [0.5, 0.6) is 0 Å². The van der Waals surface area contributed by atoms with E-state index in [4.69, 9.17) is 27.9 Å². The highest BCUT2D eigenvalue weighted by atomic mass is 35.5. The average molecular weight is 456 g/mol. The van der Waals surface area contributed by atoms with Gasteiger partial charge in [-0.1, -0.05) is 18.2 Å². The number of esters is 1. The fourth-order valence-corrected chi connectivity index (χ4v) is 4.24. The number of halogens is 2. The molecule has 1 unspecified atom stereocenters. The van der Waals surface area contributed by atoms with Crippen LogP contribution in [0.3, 0.4) is 0 Å². The van der Waals surface area contributed by atoms with Crippen LogP contribution in [0.15, 0.2) is 18.2 Å². The van der Waals surface area contributed by atoms with Gasteiger partial charge in [-0.2, -0.15) is 0 Å². The summed E-state index contributed by atoms with van der Waals surface area (Å²) in [5.74, 6) is -0.894. The number of anilines is 1. The van der Waals surface area contributed by atoms with Gasteiger partial charge in [0.05, 0.1) is 6.54 Å². The van der Waals surface area contributed by atoms with Crippen LogP contribution in [-0.2, 0) is 19.1 Å². The summed E-state index contributed by atoms with van der Waals surface area (Å²) < 4.78 is 4.01. The molecular formula is C21H27Cl2N3O4. The Balaban J connectivity index is 1.40. The predicted molar refractivity (Wildman–Crippen MR) is 116 cm³/mol. The lowest BCUT2D eigenvalue weighted by Gasteiger charge is -2.34. The first-order valence-corrected chi connectivity index (χ1v) is 10.7. The number of alkyl halides is 2. The van der Waals surface area contributed by atoms with Gasteiger partial charge in [-0.15, -0.1) is 23.2 Å². The highest BCUT2D eigenvalue weighted by Gasteiger charge is 2.69. The van der Waals surface area contributed by atoms with Crippen molar-refractivity contribution >= 4 is 46.7 Å². The number of benzene rings is 1. The number of piperazine rings is 1. The number of carbonyl (C=O) groups is 3. The Morgan fingerprint density at radius 1 is 1.10 bits per heavy atom. The van der Waals surface area contributed by atoms with Crippen molar-refractivity contribution in [3.05, 3.63) is 29.3 Å². The van der Waals surface area contributed by atoms with Crippen molar-refractivity contribution in [2.45, 2.75) is 31.5 Å². The minimum absolute atomic E-state index is 0.0792. The lowest BCUT2D eigenvalue weighted by atomic mass is 10.1. The second-order valence-electron chi connectivity index (χ2n) is 8.26. The molecule has 1 saturated heterocycles. The van der Waals surface area contributed by atoms with E-state index in [-0.39, 0.29) is 25.0 Å². The molecule has 0 aromatic heterocycles. The summed E-state index contributed by atoms with van der Waals surface area (Å²) in [6.07, 6.45) is 0.318. The number of aryl methyl sites for hydroxylation is 2. The Hall–Kier alpha value is -1.83. The largest absolute Gasteiger partial charge is 0.455 e. The fourth-order valence-electron chi connectivity index (χ4n) is 3.55. The van der Waals surface area contributed by atoms with Crippen molar-refractivity contribution in [2.24, 2.45) is 5.41 Å². The van der Waals surface area contributed by atoms with Gasteiger partial charge in [0.15, 0.2) is 6.61 Å². The molecule has 1 aromatic carbocycles. The van der Waals surface area contributed by atoms with E-state index in [9.17, 15) is 14.4 Å². The minimum atomic E-state index is -1.11. The fraction of sp³-hybridized carbons (Fsp3) is 0.571. The summed E-state index contributed by atoms with van der Waals surface area (Å²) >= 11 is 11.9. The van der Waals surface area contributed by atoms with Crippen molar-refractivity contribution < 1.29 is 19.1 Å². The van der Waals surface area contributed by atoms with Gasteiger partial charge in [0.1, 0.15) is 9.75 Å². The zero-order chi connectivity index (χ0) is 22.1. The van der Waals surface area contributed by atoms with E-state index >= 15 is 0 Å². The molecule has 9 heteroatoms. The quantitative estimate of drug-likeness (QED) is 0.526. The number of hydrogen-bond acceptors (Lipinski definition) is 5. The number of hydrogen-bond donors (Lipinski definition) is 1. The number of ether oxygens (including phenoxy) is 1. The Labute approximate surface area is 186 Å². The lowest BCUT2D eigenvalue weighted by molar-refractivity contribution is -0.157. The molecule has 30 heavy (non-hydrogen) atoms. The average Bonchev–Trinajstić information content (AvgIpc) is 3.22. The second-order valence-corrected chi connectivity index (χ2v) is 9.75. The third kappa shape index (κ3) is 4.90. The van der Waals surface area contributed by atoms with Crippen LogP contribution < -0.4 is 5.32 Å². The van der Waals surface area contributed by atoms with Gasteiger partial charge in [0.2, 0.25) is 5.91 Å². The van der Waals surface area contributed by atoms with Gasteiger partial charge in [0, 0.05) is 38.3 Å². The zero-order valence-electron chi connectivity index (χ0n) is 17.5. The van der Waals surface area contributed by atoms with E-state index in [0.717, 1.165) is 16.8 Å². The Kier molecular flexibility index (Phi) is 6.65. The molecule has 1 saturated carbocycles. The lowest BCUT2D eigenvalue weighted by Crippen LogP contribution is -2.51. The molecule has 2 aliphatic rings. The third-order valence-electron chi connectivity index (χ3n) is 5.87. The maximum Gasteiger partial charge on any atom is 0.315 e. The van der Waals surface area contributed by atoms with E-state index < -0.39 is 15.7 Å². The minimum Gasteiger partial charge on any atom is -0.455 e. The molecular weight excluding hydrogens is 429 g/mol. The monoisotopic (exact) mass is 455 g/mol. The first kappa shape index (κ1) is 22.8. The Morgan fingerprint density at radius 2 is 1.67 bits per heavy atom. The second kappa shape index (κ2) is 8.73. The van der Waals surface area contributed by atoms with Gasteiger partial charge in [0.25, 0.3) is 5.91 Å². The highest BCUT2D eigenvalue weighted by molar-refractivity contribution is 6.53. The van der Waals surface area contributed by atoms with E-state index in [0.29, 0.717) is 32.6 Å². The summed E-state index contributed by atoms with van der Waals surface area (Å²) in [4.78, 5) is 40.5. The summed E-state index contributed by atoms with van der Waals surface area (Å²) in [6.45, 7) is 7.57. The first-order chi connectivity index (χ1) is 14.0. The standard InChI is InChI=1S/C21H27Cl2N3O4/c1-14-5-4-6-15(2)18(14)24-16(27)11-25-7-9-26(10-8-25)17(28)12-30-19(29)20(3)13-21(20,22)23/h4-6H,7-13H2,1-3H3,(H,24,27). The predicted octanol–water partition coefficient (Wildman–Crippen LogP) is 2.51. The molecule has 7 nitrogen and oxygen atoms in total. The van der Waals surface area contributed by atoms with Gasteiger partial charge in [-0.25, -0.2) is 0 Å². The Bertz CT molecular complexity index is 832. The van der Waals surface area contributed by atoms with Gasteiger partial charge in [-0.3, -0.25) is 19.3 Å². The number of amides is 2. The third-order valence-corrected chi connectivity index (χ3v) is 6.97. The number of nitrogens with one attached hydrogen (secondary N) is 1. The van der Waals surface area contributed by atoms with Crippen LogP contribution in [0.2, 0.25) is 0 Å². The zero-order valence-corrected chi connectivity index (χ0v) is 19.0. The van der Waals surface area contributed by atoms with Crippen molar-refractivity contribution in [3.8, 4) is 0 Å². The normalized spacial score (nSPS) is 23.0. The molecule has 0 spiro atoms. The highest BCUT2D eigenvalue weighted by Crippen LogP contribution is 2.64. The summed E-state index contributed by atoms with van der Waals surface area (Å²) in [7, 11) is 0. The molecule has 2 amide bonds. The summed E-state index contributed by atoms with van der Waals surface area (Å²) in [5, 5.41) is 2.98.